The summed E-state index contributed by atoms with van der Waals surface area (Å²) < 4.78 is 54.3. The molecule has 0 unspecified atom stereocenters. The van der Waals surface area contributed by atoms with Crippen LogP contribution in [0.5, 0.6) is 0 Å². The molecule has 2 N–H and O–H groups in total. The van der Waals surface area contributed by atoms with Gasteiger partial charge in [-0.3, -0.25) is 4.72 Å². The highest BCUT2D eigenvalue weighted by atomic mass is 32.2. The summed E-state index contributed by atoms with van der Waals surface area (Å²) in [6.45, 7) is 0. The molecule has 138 valence electrons. The smallest absolute Gasteiger partial charge is 0.338 e. The van der Waals surface area contributed by atoms with Crippen molar-refractivity contribution in [1.82, 2.24) is 9.97 Å². The number of rotatable bonds is 5. The molecule has 1 heterocycles. The van der Waals surface area contributed by atoms with E-state index in [0.717, 1.165) is 0 Å². The van der Waals surface area contributed by atoms with E-state index in [9.17, 15) is 22.0 Å². The highest BCUT2D eigenvalue weighted by Gasteiger charge is 2.20. The molecule has 0 saturated carbocycles. The highest BCUT2D eigenvalue weighted by molar-refractivity contribution is 7.92. The number of halogens is 2. The maximum atomic E-state index is 13.9. The van der Waals surface area contributed by atoms with Gasteiger partial charge >= 0.3 is 5.97 Å². The number of aromatic nitrogens is 2. The summed E-state index contributed by atoms with van der Waals surface area (Å²) in [6, 6.07) is 7.97. The molecule has 7 nitrogen and oxygen atoms in total. The van der Waals surface area contributed by atoms with Crippen molar-refractivity contribution in [2.45, 2.75) is 4.90 Å². The van der Waals surface area contributed by atoms with Crippen molar-refractivity contribution in [2.24, 2.45) is 0 Å². The summed E-state index contributed by atoms with van der Waals surface area (Å²) >= 11 is 0. The van der Waals surface area contributed by atoms with Gasteiger partial charge in [0.1, 0.15) is 11.6 Å². The number of aromatic carboxylic acids is 1. The standard InChI is InChI=1S/C17H11F2N3O4S/c18-13-9-15(14(19)8-12(13)17(23)24)22-27(25,26)11-4-2-10(3-5-11)16-20-6-1-7-21-16/h1-9,22H,(H,23,24). The molecule has 1 aromatic heterocycles. The first kappa shape index (κ1) is 18.4. The minimum Gasteiger partial charge on any atom is -0.478 e. The van der Waals surface area contributed by atoms with Crippen molar-refractivity contribution in [3.8, 4) is 11.4 Å². The number of hydrogen-bond donors (Lipinski definition) is 2. The molecular weight excluding hydrogens is 380 g/mol. The summed E-state index contributed by atoms with van der Waals surface area (Å²) in [4.78, 5) is 18.7. The Morgan fingerprint density at radius 3 is 2.22 bits per heavy atom. The lowest BCUT2D eigenvalue weighted by atomic mass is 10.2. The van der Waals surface area contributed by atoms with Crippen LogP contribution in [0.1, 0.15) is 10.4 Å². The third kappa shape index (κ3) is 3.90. The lowest BCUT2D eigenvalue weighted by Crippen LogP contribution is -2.15. The number of carboxylic acids is 1. The molecule has 0 aliphatic rings. The fraction of sp³-hybridized carbons (Fsp3) is 0. The third-order valence-corrected chi connectivity index (χ3v) is 4.90. The van der Waals surface area contributed by atoms with Crippen LogP contribution in [-0.4, -0.2) is 29.5 Å². The van der Waals surface area contributed by atoms with Crippen molar-refractivity contribution in [3.63, 3.8) is 0 Å². The lowest BCUT2D eigenvalue weighted by Gasteiger charge is -2.10. The first-order chi connectivity index (χ1) is 12.8. The van der Waals surface area contributed by atoms with Crippen LogP contribution in [0.2, 0.25) is 0 Å². The average Bonchev–Trinajstić information content (AvgIpc) is 2.65. The van der Waals surface area contributed by atoms with E-state index in [-0.39, 0.29) is 4.90 Å². The number of sulfonamides is 1. The molecule has 0 atom stereocenters. The Morgan fingerprint density at radius 2 is 1.63 bits per heavy atom. The van der Waals surface area contributed by atoms with E-state index in [2.05, 4.69) is 9.97 Å². The number of nitrogens with one attached hydrogen (secondary N) is 1. The maximum Gasteiger partial charge on any atom is 0.338 e. The Balaban J connectivity index is 1.89. The van der Waals surface area contributed by atoms with Gasteiger partial charge in [0.05, 0.1) is 16.1 Å². The summed E-state index contributed by atoms with van der Waals surface area (Å²) in [5, 5.41) is 8.76. The Labute approximate surface area is 152 Å². The zero-order valence-corrected chi connectivity index (χ0v) is 14.2. The van der Waals surface area contributed by atoms with E-state index in [1.807, 2.05) is 4.72 Å². The van der Waals surface area contributed by atoms with E-state index in [0.29, 0.717) is 23.5 Å². The first-order valence-electron chi connectivity index (χ1n) is 7.40. The second kappa shape index (κ2) is 7.08. The number of carboxylic acid groups (broad SMARTS) is 1. The zero-order valence-electron chi connectivity index (χ0n) is 13.4. The van der Waals surface area contributed by atoms with Gasteiger partial charge in [-0.25, -0.2) is 32.0 Å². The van der Waals surface area contributed by atoms with Crippen molar-refractivity contribution in [3.05, 3.63) is 72.1 Å². The SMILES string of the molecule is O=C(O)c1cc(F)c(NS(=O)(=O)c2ccc(-c3ncccn3)cc2)cc1F. The summed E-state index contributed by atoms with van der Waals surface area (Å²) in [5.74, 6) is -3.75. The Bertz CT molecular complexity index is 1110. The van der Waals surface area contributed by atoms with Crippen molar-refractivity contribution >= 4 is 21.7 Å². The molecular formula is C17H11F2N3O4S. The molecule has 0 aliphatic heterocycles. The predicted octanol–water partition coefficient (Wildman–Crippen LogP) is 2.92. The molecule has 0 bridgehead atoms. The summed E-state index contributed by atoms with van der Waals surface area (Å²) in [7, 11) is -4.23. The van der Waals surface area contributed by atoms with Gasteiger partial charge in [-0.1, -0.05) is 0 Å². The van der Waals surface area contributed by atoms with Gasteiger partial charge in [0.25, 0.3) is 10.0 Å². The molecule has 0 amide bonds. The highest BCUT2D eigenvalue weighted by Crippen LogP contribution is 2.24. The van der Waals surface area contributed by atoms with Crippen molar-refractivity contribution in [2.75, 3.05) is 4.72 Å². The van der Waals surface area contributed by atoms with E-state index in [1.165, 1.54) is 36.7 Å². The Morgan fingerprint density at radius 1 is 1.00 bits per heavy atom. The van der Waals surface area contributed by atoms with Crippen LogP contribution in [0, 0.1) is 11.6 Å². The quantitative estimate of drug-likeness (QED) is 0.692. The van der Waals surface area contributed by atoms with Crippen LogP contribution in [-0.2, 0) is 10.0 Å². The fourth-order valence-electron chi connectivity index (χ4n) is 2.22. The number of carbonyl (C=O) groups is 1. The number of benzene rings is 2. The second-order valence-corrected chi connectivity index (χ2v) is 7.00. The number of nitrogens with zero attached hydrogens (tertiary/aromatic N) is 2. The molecule has 3 aromatic rings. The Hall–Kier alpha value is -3.40. The third-order valence-electron chi connectivity index (χ3n) is 3.52. The fourth-order valence-corrected chi connectivity index (χ4v) is 3.28. The van der Waals surface area contributed by atoms with Gasteiger partial charge in [-0.2, -0.15) is 0 Å². The second-order valence-electron chi connectivity index (χ2n) is 5.32. The lowest BCUT2D eigenvalue weighted by molar-refractivity contribution is 0.0691. The van der Waals surface area contributed by atoms with Crippen LogP contribution in [0.3, 0.4) is 0 Å². The minimum atomic E-state index is -4.23. The molecule has 2 aromatic carbocycles. The number of hydrogen-bond acceptors (Lipinski definition) is 5. The summed E-state index contributed by atoms with van der Waals surface area (Å²) in [6.07, 6.45) is 3.07. The maximum absolute atomic E-state index is 13.9. The molecule has 0 radical (unpaired) electrons. The van der Waals surface area contributed by atoms with E-state index in [4.69, 9.17) is 5.11 Å². The van der Waals surface area contributed by atoms with Gasteiger partial charge in [-0.15, -0.1) is 0 Å². The molecule has 3 rings (SSSR count). The van der Waals surface area contributed by atoms with Crippen LogP contribution < -0.4 is 4.72 Å². The van der Waals surface area contributed by atoms with Crippen molar-refractivity contribution < 1.29 is 27.1 Å². The molecule has 0 aliphatic carbocycles. The van der Waals surface area contributed by atoms with Crippen LogP contribution in [0.15, 0.2) is 59.8 Å². The van der Waals surface area contributed by atoms with Gasteiger partial charge in [0.2, 0.25) is 0 Å². The topological polar surface area (TPSA) is 109 Å². The van der Waals surface area contributed by atoms with E-state index >= 15 is 0 Å². The average molecular weight is 391 g/mol. The van der Waals surface area contributed by atoms with E-state index < -0.39 is 38.9 Å². The minimum absolute atomic E-state index is 0.204. The predicted molar refractivity (Wildman–Crippen MR) is 91.6 cm³/mol. The van der Waals surface area contributed by atoms with E-state index in [1.54, 1.807) is 6.07 Å². The normalized spacial score (nSPS) is 11.2. The molecule has 27 heavy (non-hydrogen) atoms. The van der Waals surface area contributed by atoms with Gasteiger partial charge in [0.15, 0.2) is 5.82 Å². The molecule has 0 saturated heterocycles. The monoisotopic (exact) mass is 391 g/mol. The van der Waals surface area contributed by atoms with Crippen molar-refractivity contribution in [1.29, 1.82) is 0 Å². The van der Waals surface area contributed by atoms with Crippen LogP contribution >= 0.6 is 0 Å². The Kier molecular flexibility index (Phi) is 4.82. The molecule has 0 spiro atoms. The number of anilines is 1. The summed E-state index contributed by atoms with van der Waals surface area (Å²) in [5.41, 5.74) is -1.03. The van der Waals surface area contributed by atoms with Crippen LogP contribution in [0.4, 0.5) is 14.5 Å². The molecule has 10 heteroatoms. The molecule has 0 fully saturated rings. The van der Waals surface area contributed by atoms with Gasteiger partial charge in [-0.05, 0) is 36.4 Å². The largest absolute Gasteiger partial charge is 0.478 e. The van der Waals surface area contributed by atoms with Crippen LogP contribution in [0.25, 0.3) is 11.4 Å². The van der Waals surface area contributed by atoms with Gasteiger partial charge < -0.3 is 5.11 Å². The first-order valence-corrected chi connectivity index (χ1v) is 8.89. The van der Waals surface area contributed by atoms with Gasteiger partial charge in [0, 0.05) is 24.0 Å². The zero-order chi connectivity index (χ0) is 19.6.